The normalized spacial score (nSPS) is 15.2. The van der Waals surface area contributed by atoms with Crippen LogP contribution in [0.3, 0.4) is 0 Å². The maximum absolute atomic E-state index is 12.1. The van der Waals surface area contributed by atoms with E-state index in [1.54, 1.807) is 19.9 Å². The summed E-state index contributed by atoms with van der Waals surface area (Å²) < 4.78 is 26.7. The molecule has 0 radical (unpaired) electrons. The Kier molecular flexibility index (Phi) is 4.60. The van der Waals surface area contributed by atoms with Crippen molar-refractivity contribution in [1.82, 2.24) is 4.72 Å². The highest BCUT2D eigenvalue weighted by atomic mass is 32.2. The summed E-state index contributed by atoms with van der Waals surface area (Å²) in [5.41, 5.74) is 6.87. The number of hydrogen-bond donors (Lipinski definition) is 3. The lowest BCUT2D eigenvalue weighted by Gasteiger charge is -2.21. The van der Waals surface area contributed by atoms with Gasteiger partial charge in [0.1, 0.15) is 0 Å². The van der Waals surface area contributed by atoms with Crippen LogP contribution in [0.15, 0.2) is 17.0 Å². The molecule has 5 nitrogen and oxygen atoms in total. The molecule has 0 heterocycles. The van der Waals surface area contributed by atoms with E-state index in [4.69, 9.17) is 5.73 Å². The first-order valence-corrected chi connectivity index (χ1v) is 7.66. The van der Waals surface area contributed by atoms with Gasteiger partial charge in [0.25, 0.3) is 0 Å². The van der Waals surface area contributed by atoms with Gasteiger partial charge in [-0.25, -0.2) is 13.1 Å². The Morgan fingerprint density at radius 3 is 2.42 bits per heavy atom. The third-order valence-electron chi connectivity index (χ3n) is 3.40. The summed E-state index contributed by atoms with van der Waals surface area (Å²) in [6.45, 7) is 7.01. The zero-order valence-electron chi connectivity index (χ0n) is 11.8. The number of sulfonamides is 1. The van der Waals surface area contributed by atoms with Crippen molar-refractivity contribution < 1.29 is 13.5 Å². The number of nitrogens with one attached hydrogen (secondary N) is 1. The van der Waals surface area contributed by atoms with Crippen LogP contribution in [0.1, 0.15) is 31.4 Å². The van der Waals surface area contributed by atoms with Crippen molar-refractivity contribution in [2.75, 3.05) is 12.3 Å². The van der Waals surface area contributed by atoms with Crippen molar-refractivity contribution in [1.29, 1.82) is 0 Å². The van der Waals surface area contributed by atoms with E-state index in [0.29, 0.717) is 12.1 Å². The highest BCUT2D eigenvalue weighted by Crippen LogP contribution is 2.21. The summed E-state index contributed by atoms with van der Waals surface area (Å²) >= 11 is 0. The van der Waals surface area contributed by atoms with Gasteiger partial charge in [0.2, 0.25) is 10.0 Å². The smallest absolute Gasteiger partial charge is 0.240 e. The molecule has 19 heavy (non-hydrogen) atoms. The average Bonchev–Trinajstić information content (AvgIpc) is 2.33. The maximum atomic E-state index is 12.1. The summed E-state index contributed by atoms with van der Waals surface area (Å²) in [6, 6.07) is 3.01. The van der Waals surface area contributed by atoms with E-state index in [0.717, 1.165) is 11.1 Å². The van der Waals surface area contributed by atoms with Crippen LogP contribution in [-0.2, 0) is 10.0 Å². The molecule has 0 aliphatic rings. The van der Waals surface area contributed by atoms with Gasteiger partial charge in [-0.2, -0.15) is 0 Å². The predicted octanol–water partition coefficient (Wildman–Crippen LogP) is 1.32. The predicted molar refractivity (Wildman–Crippen MR) is 76.4 cm³/mol. The Morgan fingerprint density at radius 1 is 1.37 bits per heavy atom. The first-order valence-electron chi connectivity index (χ1n) is 6.18. The van der Waals surface area contributed by atoms with E-state index < -0.39 is 15.6 Å². The third kappa shape index (κ3) is 3.92. The lowest BCUT2D eigenvalue weighted by molar-refractivity contribution is 0.0613. The standard InChI is InChI=1S/C13H22N2O3S/c1-5-13(4,16)8-15-19(17,18)11-6-9(2)10(3)12(14)7-11/h6-7,15-16H,5,8,14H2,1-4H3. The molecule has 1 rings (SSSR count). The molecule has 1 atom stereocenters. The highest BCUT2D eigenvalue weighted by molar-refractivity contribution is 7.89. The molecule has 0 aromatic heterocycles. The highest BCUT2D eigenvalue weighted by Gasteiger charge is 2.23. The molecule has 6 heteroatoms. The molecule has 0 saturated carbocycles. The summed E-state index contributed by atoms with van der Waals surface area (Å²) in [6.07, 6.45) is 0.463. The topological polar surface area (TPSA) is 92.4 Å². The summed E-state index contributed by atoms with van der Waals surface area (Å²) in [5.74, 6) is 0. The maximum Gasteiger partial charge on any atom is 0.240 e. The van der Waals surface area contributed by atoms with E-state index in [1.165, 1.54) is 6.07 Å². The summed E-state index contributed by atoms with van der Waals surface area (Å²) in [4.78, 5) is 0.125. The summed E-state index contributed by atoms with van der Waals surface area (Å²) in [7, 11) is -3.66. The number of rotatable bonds is 5. The van der Waals surface area contributed by atoms with E-state index in [9.17, 15) is 13.5 Å². The number of aliphatic hydroxyl groups is 1. The Labute approximate surface area is 114 Å². The van der Waals surface area contributed by atoms with Crippen LogP contribution in [-0.4, -0.2) is 25.7 Å². The molecule has 1 aromatic carbocycles. The monoisotopic (exact) mass is 286 g/mol. The SMILES string of the molecule is CCC(C)(O)CNS(=O)(=O)c1cc(C)c(C)c(N)c1. The fourth-order valence-electron chi connectivity index (χ4n) is 1.47. The minimum absolute atomic E-state index is 0.0291. The van der Waals surface area contributed by atoms with Crippen LogP contribution in [0.25, 0.3) is 0 Å². The second-order valence-corrected chi connectivity index (χ2v) is 6.90. The van der Waals surface area contributed by atoms with Crippen LogP contribution in [0.2, 0.25) is 0 Å². The first kappa shape index (κ1) is 15.9. The average molecular weight is 286 g/mol. The number of anilines is 1. The molecule has 0 fully saturated rings. The van der Waals surface area contributed by atoms with Crippen molar-refractivity contribution in [3.8, 4) is 0 Å². The largest absolute Gasteiger partial charge is 0.398 e. The number of nitrogens with two attached hydrogens (primary N) is 1. The fraction of sp³-hybridized carbons (Fsp3) is 0.538. The second-order valence-electron chi connectivity index (χ2n) is 5.13. The zero-order chi connectivity index (χ0) is 14.8. The van der Waals surface area contributed by atoms with Gasteiger partial charge in [0.05, 0.1) is 10.5 Å². The van der Waals surface area contributed by atoms with Gasteiger partial charge in [-0.3, -0.25) is 0 Å². The third-order valence-corrected chi connectivity index (χ3v) is 4.78. The van der Waals surface area contributed by atoms with E-state index in [2.05, 4.69) is 4.72 Å². The van der Waals surface area contributed by atoms with E-state index in [-0.39, 0.29) is 11.4 Å². The Hall–Kier alpha value is -1.11. The van der Waals surface area contributed by atoms with Crippen molar-refractivity contribution in [3.63, 3.8) is 0 Å². The van der Waals surface area contributed by atoms with Gasteiger partial charge >= 0.3 is 0 Å². The van der Waals surface area contributed by atoms with Crippen LogP contribution in [0.4, 0.5) is 5.69 Å². The van der Waals surface area contributed by atoms with Crippen LogP contribution >= 0.6 is 0 Å². The number of aryl methyl sites for hydroxylation is 1. The lowest BCUT2D eigenvalue weighted by atomic mass is 10.1. The fourth-order valence-corrected chi connectivity index (χ4v) is 2.75. The van der Waals surface area contributed by atoms with Crippen molar-refractivity contribution in [2.24, 2.45) is 0 Å². The van der Waals surface area contributed by atoms with E-state index in [1.807, 2.05) is 13.8 Å². The lowest BCUT2D eigenvalue weighted by Crippen LogP contribution is -2.40. The molecule has 0 spiro atoms. The van der Waals surface area contributed by atoms with Crippen molar-refractivity contribution in [3.05, 3.63) is 23.3 Å². The number of hydrogen-bond acceptors (Lipinski definition) is 4. The molecular formula is C13H22N2O3S. The quantitative estimate of drug-likeness (QED) is 0.712. The Bertz CT molecular complexity index is 542. The molecule has 0 aliphatic carbocycles. The Morgan fingerprint density at radius 2 is 1.95 bits per heavy atom. The van der Waals surface area contributed by atoms with Crippen molar-refractivity contribution in [2.45, 2.75) is 44.6 Å². The molecule has 0 aliphatic heterocycles. The van der Waals surface area contributed by atoms with Crippen LogP contribution in [0.5, 0.6) is 0 Å². The zero-order valence-corrected chi connectivity index (χ0v) is 12.6. The Balaban J connectivity index is 3.02. The van der Waals surface area contributed by atoms with Gasteiger partial charge in [0.15, 0.2) is 0 Å². The minimum atomic E-state index is -3.66. The van der Waals surface area contributed by atoms with Crippen molar-refractivity contribution >= 4 is 15.7 Å². The number of nitrogen functional groups attached to an aromatic ring is 1. The molecule has 0 saturated heterocycles. The molecule has 1 unspecified atom stereocenters. The van der Waals surface area contributed by atoms with Gasteiger partial charge in [-0.15, -0.1) is 0 Å². The van der Waals surface area contributed by atoms with E-state index >= 15 is 0 Å². The second kappa shape index (κ2) is 5.48. The molecule has 108 valence electrons. The van der Waals surface area contributed by atoms with Gasteiger partial charge < -0.3 is 10.8 Å². The van der Waals surface area contributed by atoms with Crippen LogP contribution < -0.4 is 10.5 Å². The molecule has 0 bridgehead atoms. The number of benzene rings is 1. The minimum Gasteiger partial charge on any atom is -0.398 e. The van der Waals surface area contributed by atoms with Gasteiger partial charge in [-0.1, -0.05) is 6.92 Å². The molecule has 1 aromatic rings. The van der Waals surface area contributed by atoms with Gasteiger partial charge in [0, 0.05) is 12.2 Å². The van der Waals surface area contributed by atoms with Crippen LogP contribution in [0, 0.1) is 13.8 Å². The first-order chi connectivity index (χ1) is 8.59. The van der Waals surface area contributed by atoms with Gasteiger partial charge in [-0.05, 0) is 50.5 Å². The summed E-state index contributed by atoms with van der Waals surface area (Å²) in [5, 5.41) is 9.84. The molecular weight excluding hydrogens is 264 g/mol. The molecule has 0 amide bonds. The molecule has 4 N–H and O–H groups in total.